The highest BCUT2D eigenvalue weighted by atomic mass is 16.5. The summed E-state index contributed by atoms with van der Waals surface area (Å²) in [5.41, 5.74) is 0. The Morgan fingerprint density at radius 2 is 1.87 bits per heavy atom. The lowest BCUT2D eigenvalue weighted by atomic mass is 9.86. The Bertz CT molecular complexity index is 268. The summed E-state index contributed by atoms with van der Waals surface area (Å²) in [7, 11) is 0. The smallest absolute Gasteiger partial charge is 0.302 e. The third kappa shape index (κ3) is 4.28. The van der Waals surface area contributed by atoms with Crippen molar-refractivity contribution in [2.75, 3.05) is 0 Å². The van der Waals surface area contributed by atoms with Gasteiger partial charge in [-0.15, -0.1) is 0 Å². The quantitative estimate of drug-likeness (QED) is 0.530. The zero-order valence-electron chi connectivity index (χ0n) is 9.36. The molecule has 1 aliphatic rings. The topological polar surface area (TPSA) is 43.4 Å². The number of hydrogen-bond donors (Lipinski definition) is 0. The van der Waals surface area contributed by atoms with Crippen molar-refractivity contribution in [2.45, 2.75) is 45.6 Å². The Morgan fingerprint density at radius 3 is 2.47 bits per heavy atom. The van der Waals surface area contributed by atoms with Crippen molar-refractivity contribution >= 4 is 11.8 Å². The first-order valence-electron chi connectivity index (χ1n) is 5.45. The predicted molar refractivity (Wildman–Crippen MR) is 57.3 cm³/mol. The minimum absolute atomic E-state index is 0.0353. The summed E-state index contributed by atoms with van der Waals surface area (Å²) in [5, 5.41) is 0. The van der Waals surface area contributed by atoms with Crippen molar-refractivity contribution in [3.05, 3.63) is 12.2 Å². The van der Waals surface area contributed by atoms with Crippen LogP contribution in [-0.2, 0) is 14.3 Å². The molecular weight excluding hydrogens is 192 g/mol. The predicted octanol–water partition coefficient (Wildman–Crippen LogP) is 2.25. The average Bonchev–Trinajstić information content (AvgIpc) is 2.15. The number of carbonyl (C=O) groups is 2. The monoisotopic (exact) mass is 210 g/mol. The van der Waals surface area contributed by atoms with Gasteiger partial charge in [0.15, 0.2) is 5.78 Å². The van der Waals surface area contributed by atoms with Crippen molar-refractivity contribution in [1.29, 1.82) is 0 Å². The first kappa shape index (κ1) is 12.0. The number of carbonyl (C=O) groups excluding carboxylic acids is 2. The van der Waals surface area contributed by atoms with Gasteiger partial charge >= 0.3 is 5.97 Å². The summed E-state index contributed by atoms with van der Waals surface area (Å²) >= 11 is 0. The van der Waals surface area contributed by atoms with Crippen molar-refractivity contribution < 1.29 is 14.3 Å². The summed E-state index contributed by atoms with van der Waals surface area (Å²) in [4.78, 5) is 21.7. The highest BCUT2D eigenvalue weighted by Crippen LogP contribution is 2.27. The van der Waals surface area contributed by atoms with Crippen LogP contribution in [0.15, 0.2) is 12.2 Å². The van der Waals surface area contributed by atoms with Crippen LogP contribution in [0.1, 0.15) is 39.5 Å². The number of allylic oxidation sites excluding steroid dienone is 1. The fourth-order valence-electron chi connectivity index (χ4n) is 1.96. The average molecular weight is 210 g/mol. The van der Waals surface area contributed by atoms with Gasteiger partial charge in [-0.05, 0) is 32.3 Å². The number of rotatable bonds is 3. The van der Waals surface area contributed by atoms with Crippen LogP contribution in [-0.4, -0.2) is 17.9 Å². The second-order valence-corrected chi connectivity index (χ2v) is 4.07. The lowest BCUT2D eigenvalue weighted by Gasteiger charge is -2.28. The van der Waals surface area contributed by atoms with Crippen LogP contribution in [0.5, 0.6) is 0 Å². The number of ether oxygens (including phenoxy) is 1. The van der Waals surface area contributed by atoms with E-state index in [2.05, 4.69) is 0 Å². The SMILES string of the molecule is CC(=O)/C=C/[C@@H]1CCCC[C@H]1OC(C)=O. The Labute approximate surface area is 90.5 Å². The van der Waals surface area contributed by atoms with Gasteiger partial charge in [-0.2, -0.15) is 0 Å². The summed E-state index contributed by atoms with van der Waals surface area (Å²) < 4.78 is 5.23. The molecule has 0 bridgehead atoms. The van der Waals surface area contributed by atoms with Crippen LogP contribution in [0.3, 0.4) is 0 Å². The van der Waals surface area contributed by atoms with Crippen molar-refractivity contribution in [3.63, 3.8) is 0 Å². The lowest BCUT2D eigenvalue weighted by Crippen LogP contribution is -2.28. The van der Waals surface area contributed by atoms with Gasteiger partial charge in [0.05, 0.1) is 0 Å². The molecule has 0 radical (unpaired) electrons. The largest absolute Gasteiger partial charge is 0.462 e. The maximum Gasteiger partial charge on any atom is 0.302 e. The lowest BCUT2D eigenvalue weighted by molar-refractivity contribution is -0.149. The molecule has 0 aromatic heterocycles. The maximum absolute atomic E-state index is 10.9. The van der Waals surface area contributed by atoms with Crippen molar-refractivity contribution in [3.8, 4) is 0 Å². The maximum atomic E-state index is 10.9. The first-order chi connectivity index (χ1) is 7.09. The molecule has 1 aliphatic carbocycles. The molecule has 0 saturated heterocycles. The fourth-order valence-corrected chi connectivity index (χ4v) is 1.96. The normalized spacial score (nSPS) is 26.5. The zero-order valence-corrected chi connectivity index (χ0v) is 9.36. The number of hydrogen-bond acceptors (Lipinski definition) is 3. The third-order valence-electron chi connectivity index (χ3n) is 2.65. The van der Waals surface area contributed by atoms with Gasteiger partial charge in [0.1, 0.15) is 6.10 Å². The molecule has 0 aliphatic heterocycles. The molecule has 1 saturated carbocycles. The molecule has 84 valence electrons. The van der Waals surface area contributed by atoms with Crippen molar-refractivity contribution in [2.24, 2.45) is 5.92 Å². The molecule has 0 aromatic carbocycles. The Balaban J connectivity index is 2.57. The molecule has 15 heavy (non-hydrogen) atoms. The number of ketones is 1. The van der Waals surface area contributed by atoms with E-state index in [1.54, 1.807) is 6.08 Å². The molecule has 2 atom stereocenters. The van der Waals surface area contributed by atoms with Gasteiger partial charge in [0, 0.05) is 12.8 Å². The van der Waals surface area contributed by atoms with Gasteiger partial charge in [-0.1, -0.05) is 12.5 Å². The molecule has 0 amide bonds. The van der Waals surface area contributed by atoms with Crippen LogP contribution in [0, 0.1) is 5.92 Å². The summed E-state index contributed by atoms with van der Waals surface area (Å²) in [5.74, 6) is 0.0248. The Morgan fingerprint density at radius 1 is 1.20 bits per heavy atom. The summed E-state index contributed by atoms with van der Waals surface area (Å²) in [6, 6.07) is 0. The molecule has 3 nitrogen and oxygen atoms in total. The van der Waals surface area contributed by atoms with Crippen LogP contribution in [0.2, 0.25) is 0 Å². The molecule has 0 aromatic rings. The van der Waals surface area contributed by atoms with Crippen LogP contribution < -0.4 is 0 Å². The Kier molecular flexibility index (Phi) is 4.53. The van der Waals surface area contributed by atoms with E-state index < -0.39 is 0 Å². The summed E-state index contributed by atoms with van der Waals surface area (Å²) in [6.45, 7) is 2.96. The molecule has 0 heterocycles. The van der Waals surface area contributed by atoms with Crippen LogP contribution in [0.25, 0.3) is 0 Å². The van der Waals surface area contributed by atoms with E-state index in [-0.39, 0.29) is 23.8 Å². The minimum Gasteiger partial charge on any atom is -0.462 e. The Hall–Kier alpha value is -1.12. The first-order valence-corrected chi connectivity index (χ1v) is 5.45. The zero-order chi connectivity index (χ0) is 11.3. The molecular formula is C12H18O3. The van der Waals surface area contributed by atoms with Gasteiger partial charge in [0.25, 0.3) is 0 Å². The van der Waals surface area contributed by atoms with E-state index in [4.69, 9.17) is 4.74 Å². The number of esters is 1. The standard InChI is InChI=1S/C12H18O3/c1-9(13)7-8-11-5-3-4-6-12(11)15-10(2)14/h7-8,11-12H,3-6H2,1-2H3/b8-7+/t11-,12+/m0/s1. The molecule has 0 spiro atoms. The van der Waals surface area contributed by atoms with Gasteiger partial charge in [-0.25, -0.2) is 0 Å². The van der Waals surface area contributed by atoms with E-state index in [9.17, 15) is 9.59 Å². The van der Waals surface area contributed by atoms with E-state index in [0.717, 1.165) is 25.7 Å². The highest BCUT2D eigenvalue weighted by molar-refractivity contribution is 5.87. The summed E-state index contributed by atoms with van der Waals surface area (Å²) in [6.07, 6.45) is 7.58. The van der Waals surface area contributed by atoms with Crippen LogP contribution >= 0.6 is 0 Å². The van der Waals surface area contributed by atoms with E-state index in [1.807, 2.05) is 6.08 Å². The van der Waals surface area contributed by atoms with Gasteiger partial charge in [-0.3, -0.25) is 9.59 Å². The second-order valence-electron chi connectivity index (χ2n) is 4.07. The fraction of sp³-hybridized carbons (Fsp3) is 0.667. The van der Waals surface area contributed by atoms with E-state index in [1.165, 1.54) is 13.8 Å². The molecule has 1 fully saturated rings. The van der Waals surface area contributed by atoms with E-state index >= 15 is 0 Å². The van der Waals surface area contributed by atoms with Crippen molar-refractivity contribution in [1.82, 2.24) is 0 Å². The third-order valence-corrected chi connectivity index (χ3v) is 2.65. The minimum atomic E-state index is -0.233. The van der Waals surface area contributed by atoms with Gasteiger partial charge in [0.2, 0.25) is 0 Å². The second kappa shape index (κ2) is 5.69. The van der Waals surface area contributed by atoms with E-state index in [0.29, 0.717) is 0 Å². The molecule has 3 heteroatoms. The van der Waals surface area contributed by atoms with Crippen LogP contribution in [0.4, 0.5) is 0 Å². The highest BCUT2D eigenvalue weighted by Gasteiger charge is 2.25. The molecule has 0 unspecified atom stereocenters. The molecule has 1 rings (SSSR count). The molecule has 0 N–H and O–H groups in total. The van der Waals surface area contributed by atoms with Gasteiger partial charge < -0.3 is 4.74 Å².